The van der Waals surface area contributed by atoms with Gasteiger partial charge in [-0.1, -0.05) is 0 Å². The van der Waals surface area contributed by atoms with Crippen molar-refractivity contribution in [2.45, 2.75) is 32.9 Å². The SMILES string of the molecule is CC1([CH2][Hg][I])CS(=O)(=O)CC(C)([CH2][Hg][I])O1. The van der Waals surface area contributed by atoms with E-state index in [4.69, 9.17) is 4.74 Å². The Morgan fingerprint density at radius 2 is 1.50 bits per heavy atom. The van der Waals surface area contributed by atoms with Crippen LogP contribution in [-0.4, -0.2) is 31.1 Å². The van der Waals surface area contributed by atoms with Crippen LogP contribution in [0.3, 0.4) is 0 Å². The summed E-state index contributed by atoms with van der Waals surface area (Å²) in [6, 6.07) is 0. The van der Waals surface area contributed by atoms with E-state index in [1.54, 1.807) is 0 Å². The fourth-order valence-corrected chi connectivity index (χ4v) is 31.9. The van der Waals surface area contributed by atoms with Crippen LogP contribution in [0.2, 0.25) is 7.86 Å². The summed E-state index contributed by atoms with van der Waals surface area (Å²) in [5.41, 5.74) is -0.734. The summed E-state index contributed by atoms with van der Waals surface area (Å²) in [6.45, 7) is 4.01. The van der Waals surface area contributed by atoms with Crippen LogP contribution >= 0.6 is 35.3 Å². The Hall–Kier alpha value is 3.24. The zero-order valence-corrected chi connectivity index (χ0v) is 25.8. The molecule has 1 saturated heterocycles. The molecule has 2 atom stereocenters. The van der Waals surface area contributed by atoms with E-state index in [0.717, 1.165) is 7.86 Å². The van der Waals surface area contributed by atoms with Crippen LogP contribution in [0, 0.1) is 0 Å². The molecule has 2 unspecified atom stereocenters. The second-order valence-electron chi connectivity index (χ2n) is 4.91. The maximum atomic E-state index is 12.0. The Morgan fingerprint density at radius 1 is 1.12 bits per heavy atom. The molecule has 0 amide bonds. The summed E-state index contributed by atoms with van der Waals surface area (Å²) in [5.74, 6) is 0.494. The second kappa shape index (κ2) is 6.80. The van der Waals surface area contributed by atoms with Gasteiger partial charge in [-0.2, -0.15) is 0 Å². The van der Waals surface area contributed by atoms with Gasteiger partial charge in [0.05, 0.1) is 0 Å². The van der Waals surface area contributed by atoms with Crippen LogP contribution in [0.25, 0.3) is 0 Å². The van der Waals surface area contributed by atoms with Crippen LogP contribution < -0.4 is 0 Å². The number of sulfone groups is 1. The quantitative estimate of drug-likeness (QED) is 0.324. The molecule has 1 heterocycles. The van der Waals surface area contributed by atoms with Crippen molar-refractivity contribution in [2.24, 2.45) is 0 Å². The Morgan fingerprint density at radius 3 is 1.81 bits per heavy atom. The number of hydrogen-bond acceptors (Lipinski definition) is 3. The van der Waals surface area contributed by atoms with Crippen LogP contribution in [0.4, 0.5) is 0 Å². The van der Waals surface area contributed by atoms with E-state index in [1.165, 1.54) is 0 Å². The molecule has 1 aliphatic heterocycles. The molecule has 0 saturated carbocycles. The molecule has 0 aromatic heterocycles. The van der Waals surface area contributed by atoms with Crippen LogP contribution in [0.1, 0.15) is 13.8 Å². The molecular weight excluding hydrogens is 831 g/mol. The average molecular weight is 845 g/mol. The van der Waals surface area contributed by atoms with Crippen LogP contribution in [0.15, 0.2) is 0 Å². The van der Waals surface area contributed by atoms with Gasteiger partial charge >= 0.3 is 143 Å². The van der Waals surface area contributed by atoms with Gasteiger partial charge in [-0.25, -0.2) is 0 Å². The van der Waals surface area contributed by atoms with Crippen molar-refractivity contribution < 1.29 is 53.6 Å². The Kier molecular flexibility index (Phi) is 7.35. The van der Waals surface area contributed by atoms with Crippen molar-refractivity contribution in [2.75, 3.05) is 11.5 Å². The summed E-state index contributed by atoms with van der Waals surface area (Å²) < 4.78 is 32.3. The average Bonchev–Trinajstić information content (AvgIpc) is 1.97. The van der Waals surface area contributed by atoms with E-state index in [2.05, 4.69) is 35.3 Å². The van der Waals surface area contributed by atoms with E-state index in [9.17, 15) is 8.42 Å². The minimum absolute atomic E-state index is 0.247. The summed E-state index contributed by atoms with van der Waals surface area (Å²) in [7, 11) is -2.90. The van der Waals surface area contributed by atoms with E-state index >= 15 is 0 Å². The second-order valence-corrected chi connectivity index (χ2v) is 32.7. The number of ether oxygens (including phenoxy) is 1. The molecule has 16 heavy (non-hydrogen) atoms. The van der Waals surface area contributed by atoms with Gasteiger partial charge in [0.2, 0.25) is 0 Å². The van der Waals surface area contributed by atoms with E-state index in [1.807, 2.05) is 13.8 Å². The van der Waals surface area contributed by atoms with Crippen molar-refractivity contribution in [3.63, 3.8) is 0 Å². The van der Waals surface area contributed by atoms with Crippen molar-refractivity contribution in [1.29, 1.82) is 0 Å². The van der Waals surface area contributed by atoms with Gasteiger partial charge in [-0.3, -0.25) is 0 Å². The number of halogens is 2. The molecular formula is C8H14Hg2I2O3S. The van der Waals surface area contributed by atoms with Crippen molar-refractivity contribution in [1.82, 2.24) is 0 Å². The van der Waals surface area contributed by atoms with E-state index < -0.39 is 50.3 Å². The summed E-state index contributed by atoms with van der Waals surface area (Å²) >= 11 is 3.24. The zero-order chi connectivity index (χ0) is 12.4. The number of hydrogen-bond donors (Lipinski definition) is 0. The van der Waals surface area contributed by atoms with Crippen molar-refractivity contribution in [3.05, 3.63) is 0 Å². The molecule has 8 heteroatoms. The summed E-state index contributed by atoms with van der Waals surface area (Å²) in [5, 5.41) is 0. The molecule has 3 nitrogen and oxygen atoms in total. The minimum atomic E-state index is -2.90. The molecule has 0 bridgehead atoms. The third-order valence-electron chi connectivity index (χ3n) is 2.79. The molecule has 0 aromatic carbocycles. The first-order valence-electron chi connectivity index (χ1n) is 5.27. The molecule has 88 valence electrons. The molecule has 0 spiro atoms. The first-order valence-corrected chi connectivity index (χ1v) is 45.8. The molecule has 0 aliphatic carbocycles. The monoisotopic (exact) mass is 848 g/mol. The third kappa shape index (κ3) is 5.32. The van der Waals surface area contributed by atoms with Crippen molar-refractivity contribution >= 4 is 45.2 Å². The number of rotatable bonds is 4. The van der Waals surface area contributed by atoms with Gasteiger partial charge in [0, 0.05) is 0 Å². The first-order chi connectivity index (χ1) is 7.24. The van der Waals surface area contributed by atoms with Gasteiger partial charge in [-0.15, -0.1) is 0 Å². The van der Waals surface area contributed by atoms with Crippen molar-refractivity contribution in [3.8, 4) is 0 Å². The molecule has 0 aromatic rings. The Labute approximate surface area is 140 Å². The summed E-state index contributed by atoms with van der Waals surface area (Å²) in [4.78, 5) is 0. The van der Waals surface area contributed by atoms with Crippen LogP contribution in [-0.2, 0) is 55.1 Å². The first kappa shape index (κ1) is 17.3. The molecule has 1 rings (SSSR count). The Balaban J connectivity index is 2.93. The summed E-state index contributed by atoms with van der Waals surface area (Å²) in [6.07, 6.45) is 0. The predicted molar refractivity (Wildman–Crippen MR) is 74.2 cm³/mol. The predicted octanol–water partition coefficient (Wildman–Crippen LogP) is 2.65. The van der Waals surface area contributed by atoms with Gasteiger partial charge in [0.25, 0.3) is 0 Å². The fraction of sp³-hybridized carbons (Fsp3) is 1.00. The van der Waals surface area contributed by atoms with E-state index in [0.29, 0.717) is 0 Å². The molecule has 1 fully saturated rings. The maximum absolute atomic E-state index is 12.0. The zero-order valence-electron chi connectivity index (χ0n) is 9.63. The Bertz CT molecular complexity index is 325. The fourth-order valence-electron chi connectivity index (χ4n) is 2.28. The third-order valence-corrected chi connectivity index (χ3v) is 24.0. The molecule has 0 radical (unpaired) electrons. The molecule has 0 N–H and O–H groups in total. The standard InChI is InChI=1S/C8H14O3S.2Hg.2HI/c1-7(2)5-12(9,10)6-8(3,4)11-7;;;;/h1,3,5-6H2,2,4H3;;;2*1H/q;2*+1;;/p-2. The van der Waals surface area contributed by atoms with E-state index in [-0.39, 0.29) is 22.7 Å². The van der Waals surface area contributed by atoms with Gasteiger partial charge in [0.1, 0.15) is 0 Å². The van der Waals surface area contributed by atoms with Crippen LogP contribution in [0.5, 0.6) is 0 Å². The molecule has 1 aliphatic rings. The van der Waals surface area contributed by atoms with Gasteiger partial charge in [-0.05, 0) is 0 Å². The van der Waals surface area contributed by atoms with Gasteiger partial charge < -0.3 is 0 Å². The van der Waals surface area contributed by atoms with Gasteiger partial charge in [0.15, 0.2) is 0 Å². The normalized spacial score (nSPS) is 37.5. The topological polar surface area (TPSA) is 43.4 Å².